The third kappa shape index (κ3) is 5.06. The molecule has 0 spiro atoms. The Morgan fingerprint density at radius 1 is 1.54 bits per heavy atom. The smallest absolute Gasteiger partial charge is 0.0650 e. The van der Waals surface area contributed by atoms with Gasteiger partial charge in [-0.2, -0.15) is 0 Å². The third-order valence-electron chi connectivity index (χ3n) is 2.36. The molecule has 2 heteroatoms. The van der Waals surface area contributed by atoms with Gasteiger partial charge in [0.2, 0.25) is 0 Å². The molecular weight excluding hydrogens is 162 g/mol. The first-order valence-electron chi connectivity index (χ1n) is 5.21. The van der Waals surface area contributed by atoms with Gasteiger partial charge in [0.15, 0.2) is 0 Å². The molecule has 0 aromatic carbocycles. The maximum Gasteiger partial charge on any atom is 0.0650 e. The lowest BCUT2D eigenvalue weighted by Gasteiger charge is -2.22. The lowest BCUT2D eigenvalue weighted by molar-refractivity contribution is 0.111. The minimum atomic E-state index is 0.735. The highest BCUT2D eigenvalue weighted by molar-refractivity contribution is 4.92. The summed E-state index contributed by atoms with van der Waals surface area (Å²) in [6, 6.07) is 0. The van der Waals surface area contributed by atoms with E-state index in [0.29, 0.717) is 0 Å². The van der Waals surface area contributed by atoms with Crippen LogP contribution < -0.4 is 5.32 Å². The van der Waals surface area contributed by atoms with Crippen LogP contribution in [0.5, 0.6) is 0 Å². The monoisotopic (exact) mass is 183 g/mol. The molecule has 1 saturated heterocycles. The van der Waals surface area contributed by atoms with E-state index in [2.05, 4.69) is 25.2 Å². The summed E-state index contributed by atoms with van der Waals surface area (Å²) >= 11 is 0. The van der Waals surface area contributed by atoms with Gasteiger partial charge in [-0.05, 0) is 39.2 Å². The van der Waals surface area contributed by atoms with E-state index in [4.69, 9.17) is 4.74 Å². The van der Waals surface area contributed by atoms with E-state index in [1.54, 1.807) is 0 Å². The zero-order chi connectivity index (χ0) is 9.52. The van der Waals surface area contributed by atoms with Crippen molar-refractivity contribution in [2.75, 3.05) is 26.3 Å². The summed E-state index contributed by atoms with van der Waals surface area (Å²) in [5.41, 5.74) is 1.33. The van der Waals surface area contributed by atoms with Crippen LogP contribution >= 0.6 is 0 Å². The van der Waals surface area contributed by atoms with Gasteiger partial charge >= 0.3 is 0 Å². The van der Waals surface area contributed by atoms with Crippen molar-refractivity contribution < 1.29 is 4.74 Å². The van der Waals surface area contributed by atoms with Crippen LogP contribution in [-0.2, 0) is 4.74 Å². The van der Waals surface area contributed by atoms with Crippen molar-refractivity contribution in [3.05, 3.63) is 11.6 Å². The summed E-state index contributed by atoms with van der Waals surface area (Å²) in [5.74, 6) is 0.735. The molecule has 0 aliphatic carbocycles. The van der Waals surface area contributed by atoms with Crippen molar-refractivity contribution in [2.45, 2.75) is 26.7 Å². The van der Waals surface area contributed by atoms with Gasteiger partial charge in [-0.1, -0.05) is 11.6 Å². The van der Waals surface area contributed by atoms with Crippen LogP contribution in [-0.4, -0.2) is 26.3 Å². The molecule has 76 valence electrons. The number of piperidine rings is 1. The molecule has 0 aromatic heterocycles. The zero-order valence-electron chi connectivity index (χ0n) is 8.81. The van der Waals surface area contributed by atoms with E-state index in [1.807, 2.05) is 0 Å². The molecule has 1 aliphatic heterocycles. The molecule has 0 saturated carbocycles. The highest BCUT2D eigenvalue weighted by atomic mass is 16.5. The van der Waals surface area contributed by atoms with Gasteiger partial charge in [0.25, 0.3) is 0 Å². The van der Waals surface area contributed by atoms with E-state index in [0.717, 1.165) is 25.7 Å². The molecule has 1 aliphatic rings. The van der Waals surface area contributed by atoms with Gasteiger partial charge in [0.1, 0.15) is 0 Å². The van der Waals surface area contributed by atoms with Crippen LogP contribution in [0, 0.1) is 5.92 Å². The topological polar surface area (TPSA) is 21.3 Å². The summed E-state index contributed by atoms with van der Waals surface area (Å²) in [7, 11) is 0. The van der Waals surface area contributed by atoms with Crippen molar-refractivity contribution in [1.82, 2.24) is 5.32 Å². The van der Waals surface area contributed by atoms with Crippen molar-refractivity contribution in [2.24, 2.45) is 5.92 Å². The van der Waals surface area contributed by atoms with Crippen LogP contribution in [0.15, 0.2) is 11.6 Å². The molecule has 0 radical (unpaired) electrons. The quantitative estimate of drug-likeness (QED) is 0.531. The molecule has 1 atom stereocenters. The van der Waals surface area contributed by atoms with Gasteiger partial charge < -0.3 is 10.1 Å². The molecule has 1 fully saturated rings. The standard InChI is InChI=1S/C11H21NO/c1-10(2)5-7-13-9-11-4-3-6-12-8-11/h5,11-12H,3-4,6-9H2,1-2H3/t11-/m0/s1. The molecule has 0 amide bonds. The Kier molecular flexibility index (Phi) is 5.09. The Labute approximate surface area is 81.4 Å². The average Bonchev–Trinajstić information content (AvgIpc) is 2.14. The maximum atomic E-state index is 5.57. The van der Waals surface area contributed by atoms with Gasteiger partial charge in [0, 0.05) is 6.54 Å². The van der Waals surface area contributed by atoms with E-state index in [9.17, 15) is 0 Å². The molecule has 1 heterocycles. The number of allylic oxidation sites excluding steroid dienone is 1. The highest BCUT2D eigenvalue weighted by Crippen LogP contribution is 2.09. The first-order valence-corrected chi connectivity index (χ1v) is 5.21. The van der Waals surface area contributed by atoms with Crippen molar-refractivity contribution in [1.29, 1.82) is 0 Å². The van der Waals surface area contributed by atoms with Gasteiger partial charge in [-0.25, -0.2) is 0 Å². The third-order valence-corrected chi connectivity index (χ3v) is 2.36. The second kappa shape index (κ2) is 6.17. The van der Waals surface area contributed by atoms with E-state index < -0.39 is 0 Å². The van der Waals surface area contributed by atoms with Crippen molar-refractivity contribution in [3.8, 4) is 0 Å². The summed E-state index contributed by atoms with van der Waals surface area (Å²) in [5, 5.41) is 3.39. The summed E-state index contributed by atoms with van der Waals surface area (Å²) < 4.78 is 5.57. The van der Waals surface area contributed by atoms with Crippen LogP contribution in [0.2, 0.25) is 0 Å². The summed E-state index contributed by atoms with van der Waals surface area (Å²) in [6.07, 6.45) is 4.76. The molecule has 0 unspecified atom stereocenters. The summed E-state index contributed by atoms with van der Waals surface area (Å²) in [6.45, 7) is 8.21. The zero-order valence-corrected chi connectivity index (χ0v) is 8.81. The lowest BCUT2D eigenvalue weighted by Crippen LogP contribution is -2.32. The Morgan fingerprint density at radius 3 is 3.00 bits per heavy atom. The average molecular weight is 183 g/mol. The predicted octanol–water partition coefficient (Wildman–Crippen LogP) is 1.97. The van der Waals surface area contributed by atoms with E-state index in [1.165, 1.54) is 25.0 Å². The Bertz CT molecular complexity index is 155. The van der Waals surface area contributed by atoms with E-state index in [-0.39, 0.29) is 0 Å². The first-order chi connectivity index (χ1) is 6.29. The Balaban J connectivity index is 2.01. The molecule has 0 aromatic rings. The molecule has 1 rings (SSSR count). The van der Waals surface area contributed by atoms with Crippen LogP contribution in [0.1, 0.15) is 26.7 Å². The fourth-order valence-electron chi connectivity index (χ4n) is 1.53. The lowest BCUT2D eigenvalue weighted by atomic mass is 10.0. The molecular formula is C11H21NO. The number of hydrogen-bond acceptors (Lipinski definition) is 2. The minimum absolute atomic E-state index is 0.735. The Hall–Kier alpha value is -0.340. The normalized spacial score (nSPS) is 22.8. The second-order valence-corrected chi connectivity index (χ2v) is 4.03. The van der Waals surface area contributed by atoms with Crippen LogP contribution in [0.25, 0.3) is 0 Å². The number of hydrogen-bond donors (Lipinski definition) is 1. The molecule has 0 bridgehead atoms. The number of rotatable bonds is 4. The fraction of sp³-hybridized carbons (Fsp3) is 0.818. The molecule has 13 heavy (non-hydrogen) atoms. The summed E-state index contributed by atoms with van der Waals surface area (Å²) in [4.78, 5) is 0. The molecule has 2 nitrogen and oxygen atoms in total. The first kappa shape index (κ1) is 10.7. The van der Waals surface area contributed by atoms with Crippen molar-refractivity contribution >= 4 is 0 Å². The largest absolute Gasteiger partial charge is 0.377 e. The van der Waals surface area contributed by atoms with Crippen LogP contribution in [0.4, 0.5) is 0 Å². The van der Waals surface area contributed by atoms with Gasteiger partial charge in [0.05, 0.1) is 13.2 Å². The van der Waals surface area contributed by atoms with E-state index >= 15 is 0 Å². The van der Waals surface area contributed by atoms with Crippen molar-refractivity contribution in [3.63, 3.8) is 0 Å². The predicted molar refractivity (Wildman–Crippen MR) is 55.8 cm³/mol. The van der Waals surface area contributed by atoms with Gasteiger partial charge in [-0.15, -0.1) is 0 Å². The number of nitrogens with one attached hydrogen (secondary N) is 1. The maximum absolute atomic E-state index is 5.57. The minimum Gasteiger partial charge on any atom is -0.377 e. The number of ether oxygens (including phenoxy) is 1. The fourth-order valence-corrected chi connectivity index (χ4v) is 1.53. The Morgan fingerprint density at radius 2 is 2.38 bits per heavy atom. The van der Waals surface area contributed by atoms with Crippen LogP contribution in [0.3, 0.4) is 0 Å². The molecule has 1 N–H and O–H groups in total. The highest BCUT2D eigenvalue weighted by Gasteiger charge is 2.11. The second-order valence-electron chi connectivity index (χ2n) is 4.03. The van der Waals surface area contributed by atoms with Gasteiger partial charge in [-0.3, -0.25) is 0 Å². The SMILES string of the molecule is CC(C)=CCOC[C@H]1CCCNC1.